The summed E-state index contributed by atoms with van der Waals surface area (Å²) in [4.78, 5) is 20.2. The lowest BCUT2D eigenvalue weighted by Crippen LogP contribution is -2.34. The minimum atomic E-state index is -2.93. The molecule has 0 N–H and O–H groups in total. The van der Waals surface area contributed by atoms with Gasteiger partial charge in [-0.2, -0.15) is 13.8 Å². The topological polar surface area (TPSA) is 71.7 Å². The third-order valence-electron chi connectivity index (χ3n) is 4.41. The first-order chi connectivity index (χ1) is 13.1. The van der Waals surface area contributed by atoms with Crippen molar-refractivity contribution in [3.8, 4) is 17.1 Å². The highest BCUT2D eigenvalue weighted by Crippen LogP contribution is 2.29. The summed E-state index contributed by atoms with van der Waals surface area (Å²) < 4.78 is 34.9. The van der Waals surface area contributed by atoms with Crippen molar-refractivity contribution in [2.75, 3.05) is 26.2 Å². The van der Waals surface area contributed by atoms with Crippen LogP contribution in [-0.2, 0) is 11.3 Å². The number of benzene rings is 1. The Morgan fingerprint density at radius 3 is 2.85 bits per heavy atom. The lowest BCUT2D eigenvalue weighted by Gasteiger charge is -2.20. The largest absolute Gasteiger partial charge is 0.434 e. The molecule has 27 heavy (non-hydrogen) atoms. The normalized spacial score (nSPS) is 15.8. The standard InChI is InChI=1S/C18H22F2N4O3/c1-2-16(25)24-9-5-8-23(10-11-24)12-15-21-17(22-27-15)13-6-3-4-7-14(13)26-18(19)20/h3-4,6-7,18H,2,5,8-12H2,1H3. The summed E-state index contributed by atoms with van der Waals surface area (Å²) in [5.41, 5.74) is 0.350. The Morgan fingerprint density at radius 2 is 2.07 bits per heavy atom. The minimum Gasteiger partial charge on any atom is -0.434 e. The molecule has 1 aliphatic rings. The second kappa shape index (κ2) is 8.90. The molecule has 0 aliphatic carbocycles. The van der Waals surface area contributed by atoms with E-state index in [9.17, 15) is 13.6 Å². The lowest BCUT2D eigenvalue weighted by atomic mass is 10.2. The van der Waals surface area contributed by atoms with Crippen molar-refractivity contribution in [1.29, 1.82) is 0 Å². The van der Waals surface area contributed by atoms with Gasteiger partial charge in [0.15, 0.2) is 0 Å². The molecule has 1 amide bonds. The van der Waals surface area contributed by atoms with Gasteiger partial charge in [-0.05, 0) is 18.6 Å². The van der Waals surface area contributed by atoms with Gasteiger partial charge in [-0.25, -0.2) is 0 Å². The molecule has 1 aromatic carbocycles. The number of hydrogen-bond acceptors (Lipinski definition) is 6. The second-order valence-electron chi connectivity index (χ2n) is 6.25. The van der Waals surface area contributed by atoms with E-state index in [-0.39, 0.29) is 17.5 Å². The van der Waals surface area contributed by atoms with Gasteiger partial charge in [-0.1, -0.05) is 24.2 Å². The van der Waals surface area contributed by atoms with Crippen molar-refractivity contribution in [3.05, 3.63) is 30.2 Å². The van der Waals surface area contributed by atoms with Crippen LogP contribution in [0.1, 0.15) is 25.7 Å². The zero-order chi connectivity index (χ0) is 19.2. The van der Waals surface area contributed by atoms with Crippen LogP contribution in [-0.4, -0.2) is 58.6 Å². The number of carbonyl (C=O) groups is 1. The lowest BCUT2D eigenvalue weighted by molar-refractivity contribution is -0.130. The van der Waals surface area contributed by atoms with Gasteiger partial charge in [0.25, 0.3) is 0 Å². The summed E-state index contributed by atoms with van der Waals surface area (Å²) in [7, 11) is 0. The van der Waals surface area contributed by atoms with Crippen LogP contribution in [0.25, 0.3) is 11.4 Å². The fraction of sp³-hybridized carbons (Fsp3) is 0.500. The van der Waals surface area contributed by atoms with Crippen molar-refractivity contribution < 1.29 is 22.8 Å². The van der Waals surface area contributed by atoms with Crippen LogP contribution < -0.4 is 4.74 Å². The monoisotopic (exact) mass is 380 g/mol. The quantitative estimate of drug-likeness (QED) is 0.767. The molecule has 0 atom stereocenters. The molecule has 7 nitrogen and oxygen atoms in total. The maximum atomic E-state index is 12.6. The summed E-state index contributed by atoms with van der Waals surface area (Å²) in [6.45, 7) is 2.32. The molecular weight excluding hydrogens is 358 g/mol. The van der Waals surface area contributed by atoms with Gasteiger partial charge < -0.3 is 14.2 Å². The molecule has 146 valence electrons. The van der Waals surface area contributed by atoms with Crippen LogP contribution in [0, 0.1) is 0 Å². The third kappa shape index (κ3) is 5.00. The van der Waals surface area contributed by atoms with Crippen molar-refractivity contribution in [1.82, 2.24) is 19.9 Å². The highest BCUT2D eigenvalue weighted by atomic mass is 19.3. The van der Waals surface area contributed by atoms with Crippen LogP contribution in [0.2, 0.25) is 0 Å². The molecule has 1 aliphatic heterocycles. The zero-order valence-corrected chi connectivity index (χ0v) is 15.1. The summed E-state index contributed by atoms with van der Waals surface area (Å²) >= 11 is 0. The first-order valence-electron chi connectivity index (χ1n) is 8.93. The molecule has 9 heteroatoms. The predicted molar refractivity (Wildman–Crippen MR) is 93.1 cm³/mol. The second-order valence-corrected chi connectivity index (χ2v) is 6.25. The number of para-hydroxylation sites is 1. The first-order valence-corrected chi connectivity index (χ1v) is 8.93. The molecule has 1 aromatic heterocycles. The van der Waals surface area contributed by atoms with E-state index in [4.69, 9.17) is 4.52 Å². The number of alkyl halides is 2. The highest BCUT2D eigenvalue weighted by Gasteiger charge is 2.21. The Morgan fingerprint density at radius 1 is 1.26 bits per heavy atom. The SMILES string of the molecule is CCC(=O)N1CCCN(Cc2nc(-c3ccccc3OC(F)F)no2)CC1. The molecule has 1 saturated heterocycles. The molecule has 0 spiro atoms. The van der Waals surface area contributed by atoms with Gasteiger partial charge in [0.2, 0.25) is 17.6 Å². The average molecular weight is 380 g/mol. The number of carbonyl (C=O) groups excluding carboxylic acids is 1. The number of amides is 1. The molecule has 2 heterocycles. The molecule has 0 saturated carbocycles. The average Bonchev–Trinajstić information content (AvgIpc) is 2.98. The van der Waals surface area contributed by atoms with E-state index in [1.54, 1.807) is 18.2 Å². The van der Waals surface area contributed by atoms with Crippen molar-refractivity contribution >= 4 is 5.91 Å². The molecule has 2 aromatic rings. The van der Waals surface area contributed by atoms with Crippen molar-refractivity contribution in [2.24, 2.45) is 0 Å². The molecule has 1 fully saturated rings. The Hall–Kier alpha value is -2.55. The van der Waals surface area contributed by atoms with Crippen LogP contribution in [0.5, 0.6) is 5.75 Å². The number of halogens is 2. The van der Waals surface area contributed by atoms with Gasteiger partial charge in [-0.15, -0.1) is 0 Å². The van der Waals surface area contributed by atoms with Crippen molar-refractivity contribution in [3.63, 3.8) is 0 Å². The predicted octanol–water partition coefficient (Wildman–Crippen LogP) is 2.78. The fourth-order valence-corrected chi connectivity index (χ4v) is 3.07. The maximum Gasteiger partial charge on any atom is 0.387 e. The van der Waals surface area contributed by atoms with Crippen molar-refractivity contribution in [2.45, 2.75) is 32.9 Å². The van der Waals surface area contributed by atoms with E-state index in [0.29, 0.717) is 37.5 Å². The van der Waals surface area contributed by atoms with Gasteiger partial charge in [-0.3, -0.25) is 9.69 Å². The number of ether oxygens (including phenoxy) is 1. The molecule has 0 unspecified atom stereocenters. The van der Waals surface area contributed by atoms with E-state index in [0.717, 1.165) is 19.5 Å². The number of hydrogen-bond donors (Lipinski definition) is 0. The van der Waals surface area contributed by atoms with E-state index < -0.39 is 6.61 Å². The summed E-state index contributed by atoms with van der Waals surface area (Å²) in [6.07, 6.45) is 1.38. The summed E-state index contributed by atoms with van der Waals surface area (Å²) in [5.74, 6) is 0.766. The van der Waals surface area contributed by atoms with E-state index in [1.807, 2.05) is 11.8 Å². The first kappa shape index (κ1) is 19.2. The number of rotatable bonds is 6. The number of nitrogens with zero attached hydrogens (tertiary/aromatic N) is 4. The zero-order valence-electron chi connectivity index (χ0n) is 15.1. The van der Waals surface area contributed by atoms with Gasteiger partial charge in [0.1, 0.15) is 5.75 Å². The van der Waals surface area contributed by atoms with Gasteiger partial charge in [0.05, 0.1) is 12.1 Å². The Kier molecular flexibility index (Phi) is 6.33. The Labute approximate surface area is 155 Å². The molecule has 0 bridgehead atoms. The van der Waals surface area contributed by atoms with E-state index in [1.165, 1.54) is 6.07 Å². The van der Waals surface area contributed by atoms with Gasteiger partial charge >= 0.3 is 6.61 Å². The number of aromatic nitrogens is 2. The summed E-state index contributed by atoms with van der Waals surface area (Å²) in [6, 6.07) is 6.33. The smallest absolute Gasteiger partial charge is 0.387 e. The highest BCUT2D eigenvalue weighted by molar-refractivity contribution is 5.75. The van der Waals surface area contributed by atoms with Crippen LogP contribution >= 0.6 is 0 Å². The van der Waals surface area contributed by atoms with Crippen LogP contribution in [0.3, 0.4) is 0 Å². The molecular formula is C18H22F2N4O3. The summed E-state index contributed by atoms with van der Waals surface area (Å²) in [5, 5.41) is 3.90. The minimum absolute atomic E-state index is 0.00309. The Bertz CT molecular complexity index is 769. The van der Waals surface area contributed by atoms with Crippen LogP contribution in [0.15, 0.2) is 28.8 Å². The Balaban J connectivity index is 1.66. The maximum absolute atomic E-state index is 12.6. The van der Waals surface area contributed by atoms with E-state index in [2.05, 4.69) is 19.8 Å². The van der Waals surface area contributed by atoms with Crippen LogP contribution in [0.4, 0.5) is 8.78 Å². The van der Waals surface area contributed by atoms with E-state index >= 15 is 0 Å². The fourth-order valence-electron chi connectivity index (χ4n) is 3.07. The molecule has 3 rings (SSSR count). The third-order valence-corrected chi connectivity index (χ3v) is 4.41. The van der Waals surface area contributed by atoms with Gasteiger partial charge in [0, 0.05) is 32.6 Å². The molecule has 0 radical (unpaired) electrons.